The molecule has 0 spiro atoms. The van der Waals surface area contributed by atoms with E-state index in [-0.39, 0.29) is 19.1 Å². The van der Waals surface area contributed by atoms with E-state index >= 15 is 0 Å². The lowest BCUT2D eigenvalue weighted by Gasteiger charge is -2.46. The van der Waals surface area contributed by atoms with Gasteiger partial charge in [-0.25, -0.2) is 0 Å². The quantitative estimate of drug-likeness (QED) is 0.117. The summed E-state index contributed by atoms with van der Waals surface area (Å²) in [6.07, 6.45) is -1.88. The van der Waals surface area contributed by atoms with Crippen LogP contribution < -0.4 is 15.4 Å². The van der Waals surface area contributed by atoms with Crippen molar-refractivity contribution in [3.05, 3.63) is 168 Å². The first kappa shape index (κ1) is 35.0. The normalized spacial score (nSPS) is 20.2. The van der Waals surface area contributed by atoms with Crippen molar-refractivity contribution in [2.24, 2.45) is 0 Å². The van der Waals surface area contributed by atoms with Crippen molar-refractivity contribution in [2.75, 3.05) is 19.0 Å². The molecular weight excluding hydrogens is 628 g/mol. The second kappa shape index (κ2) is 18.2. The number of ether oxygens (including phenoxy) is 5. The molecule has 1 heterocycles. The number of benzene rings is 5. The van der Waals surface area contributed by atoms with Crippen molar-refractivity contribution < 1.29 is 28.5 Å². The lowest BCUT2D eigenvalue weighted by Crippen LogP contribution is -2.70. The fourth-order valence-electron chi connectivity index (χ4n) is 6.06. The van der Waals surface area contributed by atoms with E-state index in [1.54, 1.807) is 7.11 Å². The summed E-state index contributed by atoms with van der Waals surface area (Å²) < 4.78 is 31.8. The molecule has 50 heavy (non-hydrogen) atoms. The molecule has 1 amide bonds. The highest BCUT2D eigenvalue weighted by Crippen LogP contribution is 2.29. The smallest absolute Gasteiger partial charge is 0.244 e. The van der Waals surface area contributed by atoms with Gasteiger partial charge in [0.2, 0.25) is 5.91 Å². The maximum absolute atomic E-state index is 14.3. The summed E-state index contributed by atoms with van der Waals surface area (Å²) in [6, 6.07) is 46.0. The second-order valence-electron chi connectivity index (χ2n) is 12.3. The van der Waals surface area contributed by atoms with Crippen LogP contribution in [0.1, 0.15) is 22.3 Å². The predicted octanol–water partition coefficient (Wildman–Crippen LogP) is 6.95. The molecule has 2 N–H and O–H groups in total. The highest BCUT2D eigenvalue weighted by Gasteiger charge is 2.49. The maximum Gasteiger partial charge on any atom is 0.244 e. The van der Waals surface area contributed by atoms with Gasteiger partial charge in [0, 0.05) is 5.69 Å². The molecule has 0 saturated carbocycles. The molecule has 8 heteroatoms. The van der Waals surface area contributed by atoms with E-state index < -0.39 is 30.4 Å². The third-order valence-corrected chi connectivity index (χ3v) is 8.67. The van der Waals surface area contributed by atoms with Crippen LogP contribution in [0, 0.1) is 0 Å². The number of anilines is 1. The third kappa shape index (κ3) is 9.88. The topological polar surface area (TPSA) is 87.3 Å². The summed E-state index contributed by atoms with van der Waals surface area (Å²) in [5.74, 6) is 0.447. The van der Waals surface area contributed by atoms with E-state index in [9.17, 15) is 4.79 Å². The first-order chi connectivity index (χ1) is 24.7. The van der Waals surface area contributed by atoms with E-state index in [1.807, 2.05) is 146 Å². The Labute approximate surface area is 294 Å². The monoisotopic (exact) mass is 672 g/mol. The number of carbonyl (C=O) groups is 1. The highest BCUT2D eigenvalue weighted by molar-refractivity contribution is 5.95. The Hall–Kier alpha value is -4.83. The van der Waals surface area contributed by atoms with Gasteiger partial charge in [-0.3, -0.25) is 10.1 Å². The fourth-order valence-corrected chi connectivity index (χ4v) is 6.06. The van der Waals surface area contributed by atoms with Crippen molar-refractivity contribution in [3.8, 4) is 5.75 Å². The Bertz CT molecular complexity index is 1710. The number of methoxy groups -OCH3 is 1. The van der Waals surface area contributed by atoms with Crippen molar-refractivity contribution in [1.29, 1.82) is 0 Å². The molecular formula is C42H44N2O6. The molecule has 0 unspecified atom stereocenters. The first-order valence-electron chi connectivity index (χ1n) is 17.0. The minimum atomic E-state index is -0.802. The Kier molecular flexibility index (Phi) is 12.8. The standard InChI is InChI=1S/C42H44N2O6/c1-46-36-24-22-35(23-25-36)43-42(45)38-40(49-28-33-18-10-4-11-19-33)41(50-29-34-20-12-5-13-21-34)39(48-27-32-16-8-3-9-17-32)37(44-38)30-47-26-31-14-6-2-7-15-31/h2-25,37-41,44H,26-30H2,1H3,(H,43,45)/t37-,38+,39-,40+,41+/m1/s1. The Balaban J connectivity index is 1.32. The van der Waals surface area contributed by atoms with Crippen LogP contribution in [0.25, 0.3) is 0 Å². The molecule has 5 atom stereocenters. The summed E-state index contributed by atoms with van der Waals surface area (Å²) in [6.45, 7) is 1.63. The van der Waals surface area contributed by atoms with E-state index in [0.29, 0.717) is 31.3 Å². The van der Waals surface area contributed by atoms with Gasteiger partial charge in [-0.2, -0.15) is 0 Å². The lowest BCUT2D eigenvalue weighted by atomic mass is 9.89. The number of hydrogen-bond donors (Lipinski definition) is 2. The van der Waals surface area contributed by atoms with Crippen LogP contribution in [0.3, 0.4) is 0 Å². The second-order valence-corrected chi connectivity index (χ2v) is 12.3. The van der Waals surface area contributed by atoms with Gasteiger partial charge in [-0.15, -0.1) is 0 Å². The molecule has 1 fully saturated rings. The molecule has 5 aromatic carbocycles. The molecule has 1 aliphatic heterocycles. The SMILES string of the molecule is COc1ccc(NC(=O)[C@H]2N[C@H](COCc3ccccc3)[C@@H](OCc3ccccc3)[C@H](OCc3ccccc3)[C@H]2OCc2ccccc2)cc1. The molecule has 0 radical (unpaired) electrons. The highest BCUT2D eigenvalue weighted by atomic mass is 16.6. The predicted molar refractivity (Wildman–Crippen MR) is 193 cm³/mol. The van der Waals surface area contributed by atoms with Crippen LogP contribution in [-0.2, 0) is 50.2 Å². The van der Waals surface area contributed by atoms with Crippen molar-refractivity contribution in [3.63, 3.8) is 0 Å². The van der Waals surface area contributed by atoms with Crippen molar-refractivity contribution in [1.82, 2.24) is 5.32 Å². The summed E-state index contributed by atoms with van der Waals surface area (Å²) >= 11 is 0. The van der Waals surface area contributed by atoms with Crippen LogP contribution in [-0.4, -0.2) is 50.0 Å². The van der Waals surface area contributed by atoms with Crippen LogP contribution in [0.2, 0.25) is 0 Å². The molecule has 5 aromatic rings. The number of nitrogens with one attached hydrogen (secondary N) is 2. The fraction of sp³-hybridized carbons (Fsp3) is 0.262. The zero-order valence-electron chi connectivity index (χ0n) is 28.2. The first-order valence-corrected chi connectivity index (χ1v) is 17.0. The molecule has 0 aromatic heterocycles. The number of hydrogen-bond acceptors (Lipinski definition) is 7. The Morgan fingerprint density at radius 2 is 1.00 bits per heavy atom. The van der Waals surface area contributed by atoms with Gasteiger partial charge < -0.3 is 29.0 Å². The minimum absolute atomic E-state index is 0.254. The summed E-state index contributed by atoms with van der Waals surface area (Å²) in [5.41, 5.74) is 4.71. The maximum atomic E-state index is 14.3. The van der Waals surface area contributed by atoms with Crippen LogP contribution >= 0.6 is 0 Å². The van der Waals surface area contributed by atoms with Gasteiger partial charge in [0.15, 0.2) is 0 Å². The van der Waals surface area contributed by atoms with E-state index in [1.165, 1.54) is 0 Å². The van der Waals surface area contributed by atoms with Crippen LogP contribution in [0.4, 0.5) is 5.69 Å². The summed E-state index contributed by atoms with van der Waals surface area (Å²) in [5, 5.41) is 6.68. The Morgan fingerprint density at radius 3 is 1.48 bits per heavy atom. The van der Waals surface area contributed by atoms with Gasteiger partial charge >= 0.3 is 0 Å². The van der Waals surface area contributed by atoms with Gasteiger partial charge in [-0.05, 0) is 46.5 Å². The molecule has 6 rings (SSSR count). The molecule has 1 saturated heterocycles. The third-order valence-electron chi connectivity index (χ3n) is 8.67. The van der Waals surface area contributed by atoms with Gasteiger partial charge in [0.1, 0.15) is 30.1 Å². The van der Waals surface area contributed by atoms with Crippen molar-refractivity contribution >= 4 is 11.6 Å². The van der Waals surface area contributed by atoms with E-state index in [2.05, 4.69) is 10.6 Å². The molecule has 8 nitrogen and oxygen atoms in total. The summed E-state index contributed by atoms with van der Waals surface area (Å²) in [4.78, 5) is 14.3. The van der Waals surface area contributed by atoms with Gasteiger partial charge in [0.05, 0.1) is 46.2 Å². The summed E-state index contributed by atoms with van der Waals surface area (Å²) in [7, 11) is 1.61. The molecule has 0 aliphatic carbocycles. The number of carbonyl (C=O) groups excluding carboxylic acids is 1. The largest absolute Gasteiger partial charge is 0.497 e. The number of rotatable bonds is 16. The number of piperidine rings is 1. The van der Waals surface area contributed by atoms with Crippen LogP contribution in [0.5, 0.6) is 5.75 Å². The molecule has 0 bridgehead atoms. The van der Waals surface area contributed by atoms with Gasteiger partial charge in [0.25, 0.3) is 0 Å². The van der Waals surface area contributed by atoms with E-state index in [4.69, 9.17) is 23.7 Å². The Morgan fingerprint density at radius 1 is 0.560 bits per heavy atom. The van der Waals surface area contributed by atoms with E-state index in [0.717, 1.165) is 22.3 Å². The average Bonchev–Trinajstić information content (AvgIpc) is 3.17. The van der Waals surface area contributed by atoms with Crippen LogP contribution in [0.15, 0.2) is 146 Å². The molecule has 258 valence electrons. The van der Waals surface area contributed by atoms with Gasteiger partial charge in [-0.1, -0.05) is 121 Å². The zero-order valence-corrected chi connectivity index (χ0v) is 28.2. The minimum Gasteiger partial charge on any atom is -0.497 e. The molecule has 1 aliphatic rings. The average molecular weight is 673 g/mol. The lowest BCUT2D eigenvalue weighted by molar-refractivity contribution is -0.195. The number of amides is 1. The zero-order chi connectivity index (χ0) is 34.4. The van der Waals surface area contributed by atoms with Crippen molar-refractivity contribution in [2.45, 2.75) is 56.8 Å².